The number of rotatable bonds is 2. The minimum Gasteiger partial charge on any atom is -0.316 e. The molecule has 0 saturated carbocycles. The van der Waals surface area contributed by atoms with Crippen LogP contribution >= 0.6 is 23.2 Å². The molecule has 3 atom stereocenters. The molecule has 0 radical (unpaired) electrons. The zero-order valence-corrected chi connectivity index (χ0v) is 12.0. The number of benzene rings is 1. The molecule has 2 saturated heterocycles. The predicted octanol–water partition coefficient (Wildman–Crippen LogP) is 3.21. The lowest BCUT2D eigenvalue weighted by Crippen LogP contribution is -2.28. The van der Waals surface area contributed by atoms with Crippen LogP contribution in [-0.4, -0.2) is 31.1 Å². The smallest absolute Gasteiger partial charge is 0.0640 e. The van der Waals surface area contributed by atoms with E-state index in [1.54, 1.807) is 0 Å². The van der Waals surface area contributed by atoms with E-state index in [0.717, 1.165) is 30.5 Å². The van der Waals surface area contributed by atoms with Gasteiger partial charge >= 0.3 is 0 Å². The van der Waals surface area contributed by atoms with E-state index in [1.165, 1.54) is 13.1 Å². The number of fused-ring (bicyclic) bond motifs is 1. The Morgan fingerprint density at radius 1 is 1.22 bits per heavy atom. The van der Waals surface area contributed by atoms with E-state index in [-0.39, 0.29) is 0 Å². The Morgan fingerprint density at radius 2 is 1.89 bits per heavy atom. The molecule has 2 aliphatic rings. The van der Waals surface area contributed by atoms with Gasteiger partial charge in [-0.15, -0.1) is 0 Å². The van der Waals surface area contributed by atoms with Crippen LogP contribution in [0.3, 0.4) is 0 Å². The van der Waals surface area contributed by atoms with Crippen LogP contribution in [0.4, 0.5) is 0 Å². The van der Waals surface area contributed by atoms with Crippen molar-refractivity contribution in [2.45, 2.75) is 13.0 Å². The molecule has 2 heterocycles. The highest BCUT2D eigenvalue weighted by Crippen LogP contribution is 2.37. The Kier molecular flexibility index (Phi) is 3.55. The maximum Gasteiger partial charge on any atom is 0.0640 e. The molecular formula is C14H18Cl2N2. The highest BCUT2D eigenvalue weighted by atomic mass is 35.5. The number of nitrogens with zero attached hydrogens (tertiary/aromatic N) is 1. The summed E-state index contributed by atoms with van der Waals surface area (Å²) in [7, 11) is 0. The van der Waals surface area contributed by atoms with Crippen molar-refractivity contribution in [1.82, 2.24) is 10.2 Å². The predicted molar refractivity (Wildman–Crippen MR) is 76.3 cm³/mol. The number of hydrogen-bond acceptors (Lipinski definition) is 2. The normalized spacial score (nSPS) is 29.5. The van der Waals surface area contributed by atoms with Crippen molar-refractivity contribution < 1.29 is 0 Å². The number of nitrogens with one attached hydrogen (secondary N) is 1. The summed E-state index contributed by atoms with van der Waals surface area (Å²) in [6.45, 7) is 6.89. The summed E-state index contributed by atoms with van der Waals surface area (Å²) in [5.74, 6) is 1.62. The summed E-state index contributed by atoms with van der Waals surface area (Å²) in [6, 6.07) is 6.27. The first-order valence-corrected chi connectivity index (χ1v) is 7.31. The zero-order valence-electron chi connectivity index (χ0n) is 10.5. The highest BCUT2D eigenvalue weighted by molar-refractivity contribution is 6.42. The highest BCUT2D eigenvalue weighted by Gasteiger charge is 2.38. The number of hydrogen-bond donors (Lipinski definition) is 1. The van der Waals surface area contributed by atoms with Gasteiger partial charge in [0.15, 0.2) is 0 Å². The quantitative estimate of drug-likeness (QED) is 0.897. The third-order valence-electron chi connectivity index (χ3n) is 4.40. The van der Waals surface area contributed by atoms with Gasteiger partial charge in [0.1, 0.15) is 0 Å². The zero-order chi connectivity index (χ0) is 12.7. The van der Waals surface area contributed by atoms with Crippen LogP contribution < -0.4 is 5.32 Å². The van der Waals surface area contributed by atoms with Crippen molar-refractivity contribution in [3.63, 3.8) is 0 Å². The molecule has 3 unspecified atom stereocenters. The van der Waals surface area contributed by atoms with Gasteiger partial charge in [0.25, 0.3) is 0 Å². The summed E-state index contributed by atoms with van der Waals surface area (Å²) < 4.78 is 0. The van der Waals surface area contributed by atoms with E-state index in [4.69, 9.17) is 23.2 Å². The molecular weight excluding hydrogens is 267 g/mol. The molecule has 18 heavy (non-hydrogen) atoms. The van der Waals surface area contributed by atoms with Gasteiger partial charge in [-0.1, -0.05) is 35.3 Å². The van der Waals surface area contributed by atoms with Crippen LogP contribution in [0.25, 0.3) is 0 Å². The van der Waals surface area contributed by atoms with E-state index in [1.807, 2.05) is 12.1 Å². The fraction of sp³-hybridized carbons (Fsp3) is 0.571. The first-order valence-electron chi connectivity index (χ1n) is 6.55. The first-order chi connectivity index (χ1) is 8.66. The van der Waals surface area contributed by atoms with E-state index < -0.39 is 0 Å². The monoisotopic (exact) mass is 284 g/mol. The molecule has 0 aliphatic carbocycles. The third kappa shape index (κ3) is 2.16. The van der Waals surface area contributed by atoms with Gasteiger partial charge in [-0.2, -0.15) is 0 Å². The summed E-state index contributed by atoms with van der Waals surface area (Å²) in [6.07, 6.45) is 0. The lowest BCUT2D eigenvalue weighted by atomic mass is 10.0. The molecule has 1 aromatic rings. The van der Waals surface area contributed by atoms with Gasteiger partial charge in [0, 0.05) is 19.1 Å². The second-order valence-electron chi connectivity index (χ2n) is 5.45. The molecule has 0 spiro atoms. The molecule has 2 aliphatic heterocycles. The van der Waals surface area contributed by atoms with Gasteiger partial charge < -0.3 is 5.32 Å². The van der Waals surface area contributed by atoms with Crippen LogP contribution in [0.5, 0.6) is 0 Å². The van der Waals surface area contributed by atoms with Crippen molar-refractivity contribution in [3.8, 4) is 0 Å². The largest absolute Gasteiger partial charge is 0.316 e. The van der Waals surface area contributed by atoms with Crippen molar-refractivity contribution in [3.05, 3.63) is 33.8 Å². The summed E-state index contributed by atoms with van der Waals surface area (Å²) in [5.41, 5.74) is 1.15. The molecule has 2 fully saturated rings. The topological polar surface area (TPSA) is 15.3 Å². The van der Waals surface area contributed by atoms with Crippen LogP contribution in [0.1, 0.15) is 18.5 Å². The fourth-order valence-electron chi connectivity index (χ4n) is 3.25. The number of likely N-dealkylation sites (tertiary alicyclic amines) is 1. The maximum absolute atomic E-state index is 6.32. The van der Waals surface area contributed by atoms with Crippen LogP contribution in [0, 0.1) is 11.8 Å². The average molecular weight is 285 g/mol. The standard InChI is InChI=1S/C14H18Cl2N2/c1-9(12-3-2-4-13(15)14(12)16)18-7-10-5-17-6-11(10)8-18/h2-4,9-11,17H,5-8H2,1H3. The van der Waals surface area contributed by atoms with Crippen molar-refractivity contribution in [1.29, 1.82) is 0 Å². The molecule has 98 valence electrons. The van der Waals surface area contributed by atoms with E-state index in [0.29, 0.717) is 16.1 Å². The van der Waals surface area contributed by atoms with Gasteiger partial charge in [0.05, 0.1) is 10.0 Å². The molecule has 1 N–H and O–H groups in total. The molecule has 0 bridgehead atoms. The number of halogens is 2. The lowest BCUT2D eigenvalue weighted by Gasteiger charge is -2.26. The molecule has 0 amide bonds. The average Bonchev–Trinajstić information content (AvgIpc) is 2.92. The minimum absolute atomic E-state index is 0.349. The molecule has 0 aromatic heterocycles. The fourth-order valence-corrected chi connectivity index (χ4v) is 3.71. The second kappa shape index (κ2) is 5.01. The SMILES string of the molecule is CC(c1cccc(Cl)c1Cl)N1CC2CNCC2C1. The Hall–Kier alpha value is -0.280. The molecule has 2 nitrogen and oxygen atoms in total. The van der Waals surface area contributed by atoms with Crippen molar-refractivity contribution in [2.24, 2.45) is 11.8 Å². The van der Waals surface area contributed by atoms with Crippen LogP contribution in [-0.2, 0) is 0 Å². The lowest BCUT2D eigenvalue weighted by molar-refractivity contribution is 0.244. The Bertz CT molecular complexity index is 437. The Morgan fingerprint density at radius 3 is 2.56 bits per heavy atom. The summed E-state index contributed by atoms with van der Waals surface area (Å²) in [5, 5.41) is 4.83. The van der Waals surface area contributed by atoms with Gasteiger partial charge in [0.2, 0.25) is 0 Å². The molecule has 4 heteroatoms. The van der Waals surface area contributed by atoms with Gasteiger partial charge in [-0.05, 0) is 43.5 Å². The maximum atomic E-state index is 6.32. The first kappa shape index (κ1) is 12.7. The minimum atomic E-state index is 0.349. The van der Waals surface area contributed by atoms with E-state index in [2.05, 4.69) is 23.2 Å². The van der Waals surface area contributed by atoms with Crippen molar-refractivity contribution in [2.75, 3.05) is 26.2 Å². The third-order valence-corrected chi connectivity index (χ3v) is 5.23. The van der Waals surface area contributed by atoms with Gasteiger partial charge in [-0.3, -0.25) is 4.90 Å². The van der Waals surface area contributed by atoms with E-state index >= 15 is 0 Å². The van der Waals surface area contributed by atoms with Gasteiger partial charge in [-0.25, -0.2) is 0 Å². The summed E-state index contributed by atoms with van der Waals surface area (Å²) in [4.78, 5) is 2.54. The van der Waals surface area contributed by atoms with Crippen LogP contribution in [0.15, 0.2) is 18.2 Å². The second-order valence-corrected chi connectivity index (χ2v) is 6.24. The molecule has 1 aromatic carbocycles. The summed E-state index contributed by atoms with van der Waals surface area (Å²) >= 11 is 12.4. The Labute approximate surface area is 118 Å². The van der Waals surface area contributed by atoms with Crippen LogP contribution in [0.2, 0.25) is 10.0 Å². The van der Waals surface area contributed by atoms with Crippen molar-refractivity contribution >= 4 is 23.2 Å². The Balaban J connectivity index is 1.79. The molecule has 3 rings (SSSR count). The van der Waals surface area contributed by atoms with E-state index in [9.17, 15) is 0 Å².